The van der Waals surface area contributed by atoms with Crippen molar-refractivity contribution in [3.05, 3.63) is 34.1 Å². The zero-order valence-corrected chi connectivity index (χ0v) is 9.64. The second-order valence-corrected chi connectivity index (χ2v) is 4.03. The Morgan fingerprint density at radius 2 is 2.07 bits per heavy atom. The Morgan fingerprint density at radius 3 is 2.53 bits per heavy atom. The molecule has 0 N–H and O–H groups in total. The first-order valence-electron chi connectivity index (χ1n) is 4.49. The summed E-state index contributed by atoms with van der Waals surface area (Å²) in [5, 5.41) is 9.39. The molecule has 4 heteroatoms. The van der Waals surface area contributed by atoms with Crippen molar-refractivity contribution in [3.63, 3.8) is 0 Å². The van der Waals surface area contributed by atoms with Crippen molar-refractivity contribution in [2.75, 3.05) is 14.1 Å². The van der Waals surface area contributed by atoms with Crippen LogP contribution in [0, 0.1) is 24.1 Å². The Labute approximate surface area is 93.9 Å². The van der Waals surface area contributed by atoms with Crippen molar-refractivity contribution in [3.8, 4) is 6.07 Å². The molecule has 1 aromatic rings. The summed E-state index contributed by atoms with van der Waals surface area (Å²) < 4.78 is 13.3. The van der Waals surface area contributed by atoms with E-state index in [1.54, 1.807) is 32.0 Å². The van der Waals surface area contributed by atoms with Gasteiger partial charge in [0.25, 0.3) is 0 Å². The molecule has 0 fully saturated rings. The van der Waals surface area contributed by atoms with Crippen LogP contribution in [0.25, 0.3) is 0 Å². The van der Waals surface area contributed by atoms with Gasteiger partial charge in [0, 0.05) is 10.6 Å². The van der Waals surface area contributed by atoms with E-state index < -0.39 is 6.04 Å². The van der Waals surface area contributed by atoms with E-state index in [0.717, 1.165) is 0 Å². The van der Waals surface area contributed by atoms with Gasteiger partial charge in [-0.05, 0) is 38.7 Å². The molecule has 0 radical (unpaired) electrons. The van der Waals surface area contributed by atoms with Crippen molar-refractivity contribution < 1.29 is 4.39 Å². The SMILES string of the molecule is Cc1cc(Cl)c(C(C#N)N(C)C)cc1F. The third kappa shape index (κ3) is 2.47. The maximum atomic E-state index is 13.3. The minimum absolute atomic E-state index is 0.337. The van der Waals surface area contributed by atoms with E-state index >= 15 is 0 Å². The van der Waals surface area contributed by atoms with Crippen molar-refractivity contribution in [2.24, 2.45) is 0 Å². The number of rotatable bonds is 2. The minimum Gasteiger partial charge on any atom is -0.290 e. The first kappa shape index (κ1) is 12.0. The summed E-state index contributed by atoms with van der Waals surface area (Å²) >= 11 is 5.97. The largest absolute Gasteiger partial charge is 0.290 e. The number of nitrogens with zero attached hydrogens (tertiary/aromatic N) is 2. The highest BCUT2D eigenvalue weighted by Crippen LogP contribution is 2.28. The first-order valence-corrected chi connectivity index (χ1v) is 4.86. The maximum Gasteiger partial charge on any atom is 0.126 e. The van der Waals surface area contributed by atoms with Gasteiger partial charge >= 0.3 is 0 Å². The topological polar surface area (TPSA) is 27.0 Å². The fourth-order valence-corrected chi connectivity index (χ4v) is 1.66. The van der Waals surface area contributed by atoms with Gasteiger partial charge in [-0.15, -0.1) is 0 Å². The van der Waals surface area contributed by atoms with E-state index in [-0.39, 0.29) is 5.82 Å². The van der Waals surface area contributed by atoms with E-state index in [9.17, 15) is 4.39 Å². The molecule has 0 spiro atoms. The van der Waals surface area contributed by atoms with E-state index in [1.807, 2.05) is 0 Å². The predicted octanol–water partition coefficient (Wildman–Crippen LogP) is 2.91. The van der Waals surface area contributed by atoms with Crippen LogP contribution in [0.15, 0.2) is 12.1 Å². The van der Waals surface area contributed by atoms with Gasteiger partial charge in [0.2, 0.25) is 0 Å². The molecular formula is C11H12ClFN2. The van der Waals surface area contributed by atoms with Gasteiger partial charge in [-0.2, -0.15) is 5.26 Å². The maximum absolute atomic E-state index is 13.3. The van der Waals surface area contributed by atoms with Crippen LogP contribution in [0.3, 0.4) is 0 Å². The van der Waals surface area contributed by atoms with Gasteiger partial charge in [-0.25, -0.2) is 4.39 Å². The Morgan fingerprint density at radius 1 is 1.47 bits per heavy atom. The normalized spacial score (nSPS) is 12.6. The Kier molecular flexibility index (Phi) is 3.67. The second kappa shape index (κ2) is 4.61. The van der Waals surface area contributed by atoms with E-state index in [0.29, 0.717) is 16.1 Å². The van der Waals surface area contributed by atoms with Gasteiger partial charge in [0.15, 0.2) is 0 Å². The van der Waals surface area contributed by atoms with Crippen LogP contribution in [-0.2, 0) is 0 Å². The molecule has 2 nitrogen and oxygen atoms in total. The van der Waals surface area contributed by atoms with Crippen LogP contribution < -0.4 is 0 Å². The van der Waals surface area contributed by atoms with Crippen molar-refractivity contribution in [1.29, 1.82) is 5.26 Å². The molecule has 1 unspecified atom stereocenters. The van der Waals surface area contributed by atoms with Crippen LogP contribution in [0.4, 0.5) is 4.39 Å². The summed E-state index contributed by atoms with van der Waals surface area (Å²) in [5.74, 6) is -0.337. The zero-order chi connectivity index (χ0) is 11.6. The summed E-state index contributed by atoms with van der Waals surface area (Å²) in [7, 11) is 3.50. The van der Waals surface area contributed by atoms with Gasteiger partial charge in [0.1, 0.15) is 11.9 Å². The fourth-order valence-electron chi connectivity index (χ4n) is 1.33. The Bertz CT molecular complexity index is 410. The summed E-state index contributed by atoms with van der Waals surface area (Å²) in [5.41, 5.74) is 0.992. The fraction of sp³-hybridized carbons (Fsp3) is 0.364. The predicted molar refractivity (Wildman–Crippen MR) is 58.2 cm³/mol. The van der Waals surface area contributed by atoms with Crippen LogP contribution >= 0.6 is 11.6 Å². The smallest absolute Gasteiger partial charge is 0.126 e. The Balaban J connectivity index is 3.26. The molecule has 0 aliphatic carbocycles. The lowest BCUT2D eigenvalue weighted by Crippen LogP contribution is -2.18. The van der Waals surface area contributed by atoms with Crippen LogP contribution in [0.5, 0.6) is 0 Å². The number of hydrogen-bond acceptors (Lipinski definition) is 2. The number of hydrogen-bond donors (Lipinski definition) is 0. The summed E-state index contributed by atoms with van der Waals surface area (Å²) in [6.07, 6.45) is 0. The van der Waals surface area contributed by atoms with Gasteiger partial charge in [-0.1, -0.05) is 11.6 Å². The molecule has 1 aromatic carbocycles. The number of halogens is 2. The molecule has 15 heavy (non-hydrogen) atoms. The second-order valence-electron chi connectivity index (χ2n) is 3.62. The molecule has 0 heterocycles. The highest BCUT2D eigenvalue weighted by Gasteiger charge is 2.18. The lowest BCUT2D eigenvalue weighted by Gasteiger charge is -2.19. The first-order chi connectivity index (χ1) is 6.97. The molecular weight excluding hydrogens is 215 g/mol. The molecule has 1 atom stereocenters. The highest BCUT2D eigenvalue weighted by atomic mass is 35.5. The highest BCUT2D eigenvalue weighted by molar-refractivity contribution is 6.31. The van der Waals surface area contributed by atoms with Crippen LogP contribution in [0.2, 0.25) is 5.02 Å². The lowest BCUT2D eigenvalue weighted by atomic mass is 10.0. The number of nitriles is 1. The molecule has 0 aliphatic rings. The minimum atomic E-state index is -0.521. The van der Waals surface area contributed by atoms with E-state index in [4.69, 9.17) is 16.9 Å². The third-order valence-corrected chi connectivity index (χ3v) is 2.54. The van der Waals surface area contributed by atoms with Crippen molar-refractivity contribution in [1.82, 2.24) is 4.90 Å². The monoisotopic (exact) mass is 226 g/mol. The van der Waals surface area contributed by atoms with Crippen molar-refractivity contribution >= 4 is 11.6 Å². The molecule has 0 aliphatic heterocycles. The van der Waals surface area contributed by atoms with E-state index in [1.165, 1.54) is 6.07 Å². The molecule has 0 amide bonds. The molecule has 0 aromatic heterocycles. The quantitative estimate of drug-likeness (QED) is 0.775. The zero-order valence-electron chi connectivity index (χ0n) is 8.88. The average molecular weight is 227 g/mol. The Hall–Kier alpha value is -1.11. The molecule has 80 valence electrons. The average Bonchev–Trinajstić information content (AvgIpc) is 2.14. The summed E-state index contributed by atoms with van der Waals surface area (Å²) in [6, 6.07) is 4.43. The van der Waals surface area contributed by atoms with Gasteiger partial charge < -0.3 is 0 Å². The molecule has 0 saturated heterocycles. The third-order valence-electron chi connectivity index (χ3n) is 2.21. The van der Waals surface area contributed by atoms with Gasteiger partial charge in [-0.3, -0.25) is 4.90 Å². The van der Waals surface area contributed by atoms with Gasteiger partial charge in [0.05, 0.1) is 6.07 Å². The van der Waals surface area contributed by atoms with Crippen LogP contribution in [-0.4, -0.2) is 19.0 Å². The number of aryl methyl sites for hydroxylation is 1. The summed E-state index contributed by atoms with van der Waals surface area (Å²) in [4.78, 5) is 1.69. The van der Waals surface area contributed by atoms with Crippen molar-refractivity contribution in [2.45, 2.75) is 13.0 Å². The standard InChI is InChI=1S/C11H12ClFN2/c1-7-4-9(12)8(5-10(7)13)11(6-14)15(2)3/h4-5,11H,1-3H3. The molecule has 0 bridgehead atoms. The summed E-state index contributed by atoms with van der Waals surface area (Å²) in [6.45, 7) is 1.64. The molecule has 1 rings (SSSR count). The van der Waals surface area contributed by atoms with E-state index in [2.05, 4.69) is 6.07 Å². The number of benzene rings is 1. The van der Waals surface area contributed by atoms with Crippen LogP contribution in [0.1, 0.15) is 17.2 Å². The lowest BCUT2D eigenvalue weighted by molar-refractivity contribution is 0.357. The molecule has 0 saturated carbocycles.